The van der Waals surface area contributed by atoms with Crippen LogP contribution >= 0.6 is 0 Å². The number of amides is 2. The van der Waals surface area contributed by atoms with Crippen LogP contribution in [0.15, 0.2) is 54.6 Å². The van der Waals surface area contributed by atoms with Crippen LogP contribution in [0.1, 0.15) is 0 Å². The zero-order valence-corrected chi connectivity index (χ0v) is 14.3. The fourth-order valence-corrected chi connectivity index (χ4v) is 4.03. The first-order valence-electron chi connectivity index (χ1n) is 8.75. The third-order valence-corrected chi connectivity index (χ3v) is 5.49. The quantitative estimate of drug-likeness (QED) is 0.794. The van der Waals surface area contributed by atoms with Gasteiger partial charge in [0.25, 0.3) is 0 Å². The van der Waals surface area contributed by atoms with Gasteiger partial charge in [-0.3, -0.25) is 4.79 Å². The lowest BCUT2D eigenvalue weighted by atomic mass is 9.81. The molecule has 0 aromatic heterocycles. The lowest BCUT2D eigenvalue weighted by Crippen LogP contribution is -2.42. The summed E-state index contributed by atoms with van der Waals surface area (Å²) in [5.41, 5.74) is 1.82. The molecule has 0 bridgehead atoms. The first-order valence-corrected chi connectivity index (χ1v) is 8.75. The average Bonchev–Trinajstić information content (AvgIpc) is 3.21. The Morgan fingerprint density at radius 3 is 2.58 bits per heavy atom. The Bertz CT molecular complexity index is 839. The van der Waals surface area contributed by atoms with Gasteiger partial charge in [0, 0.05) is 37.7 Å². The summed E-state index contributed by atoms with van der Waals surface area (Å²) < 4.78 is 0. The number of anilines is 1. The second kappa shape index (κ2) is 6.46. The Hall–Kier alpha value is -2.86. The number of nitrogens with zero attached hydrogens (tertiary/aromatic N) is 1. The van der Waals surface area contributed by atoms with E-state index in [1.165, 1.54) is 0 Å². The van der Waals surface area contributed by atoms with Gasteiger partial charge in [-0.2, -0.15) is 0 Å². The van der Waals surface area contributed by atoms with Crippen molar-refractivity contribution in [1.82, 2.24) is 10.2 Å². The highest BCUT2D eigenvalue weighted by atomic mass is 16.4. The first-order chi connectivity index (χ1) is 12.6. The lowest BCUT2D eigenvalue weighted by molar-refractivity contribution is -0.148. The normalized spacial score (nSPS) is 24.3. The number of para-hydroxylation sites is 1. The highest BCUT2D eigenvalue weighted by molar-refractivity contribution is 5.95. The summed E-state index contributed by atoms with van der Waals surface area (Å²) in [6.07, 6.45) is 0. The highest BCUT2D eigenvalue weighted by Gasteiger charge is 2.56. The molecule has 2 aromatic rings. The molecule has 0 aliphatic carbocycles. The molecule has 0 saturated carbocycles. The van der Waals surface area contributed by atoms with Gasteiger partial charge in [-0.1, -0.05) is 48.5 Å². The van der Waals surface area contributed by atoms with E-state index >= 15 is 0 Å². The number of urea groups is 1. The van der Waals surface area contributed by atoms with Crippen molar-refractivity contribution < 1.29 is 14.7 Å². The van der Waals surface area contributed by atoms with Crippen LogP contribution in [-0.4, -0.2) is 48.2 Å². The van der Waals surface area contributed by atoms with Crippen molar-refractivity contribution in [2.45, 2.75) is 0 Å². The smallest absolute Gasteiger partial charge is 0.321 e. The fourth-order valence-electron chi connectivity index (χ4n) is 4.03. The maximum absolute atomic E-state index is 12.8. The van der Waals surface area contributed by atoms with E-state index in [-0.39, 0.29) is 18.5 Å². The molecule has 4 rings (SSSR count). The number of nitrogens with one attached hydrogen (secondary N) is 2. The average molecular weight is 351 g/mol. The Labute approximate surface area is 151 Å². The number of carbonyl (C=O) groups excluding carboxylic acids is 1. The highest BCUT2D eigenvalue weighted by Crippen LogP contribution is 2.39. The minimum absolute atomic E-state index is 0.0462. The summed E-state index contributed by atoms with van der Waals surface area (Å²) in [5, 5.41) is 15.8. The zero-order chi connectivity index (χ0) is 18.1. The van der Waals surface area contributed by atoms with Gasteiger partial charge in [0.05, 0.1) is 5.69 Å². The van der Waals surface area contributed by atoms with Crippen LogP contribution < -0.4 is 10.6 Å². The molecule has 6 heteroatoms. The minimum Gasteiger partial charge on any atom is -0.481 e. The molecule has 134 valence electrons. The van der Waals surface area contributed by atoms with Crippen molar-refractivity contribution >= 4 is 17.7 Å². The van der Waals surface area contributed by atoms with Crippen LogP contribution in [0, 0.1) is 11.3 Å². The van der Waals surface area contributed by atoms with E-state index in [4.69, 9.17) is 0 Å². The van der Waals surface area contributed by atoms with E-state index in [0.717, 1.165) is 16.8 Å². The number of hydrogen-bond donors (Lipinski definition) is 3. The van der Waals surface area contributed by atoms with Crippen LogP contribution in [-0.2, 0) is 4.79 Å². The van der Waals surface area contributed by atoms with Gasteiger partial charge in [0.15, 0.2) is 0 Å². The van der Waals surface area contributed by atoms with E-state index in [2.05, 4.69) is 10.6 Å². The van der Waals surface area contributed by atoms with Gasteiger partial charge in [-0.05, 0) is 11.6 Å². The molecule has 2 atom stereocenters. The summed E-state index contributed by atoms with van der Waals surface area (Å²) in [6.45, 7) is 1.74. The van der Waals surface area contributed by atoms with Gasteiger partial charge < -0.3 is 20.6 Å². The molecule has 6 nitrogen and oxygen atoms in total. The number of rotatable bonds is 3. The number of benzene rings is 2. The third kappa shape index (κ3) is 2.72. The summed E-state index contributed by atoms with van der Waals surface area (Å²) in [5.74, 6) is -0.873. The van der Waals surface area contributed by atoms with Gasteiger partial charge in [-0.15, -0.1) is 0 Å². The summed E-state index contributed by atoms with van der Waals surface area (Å²) in [6, 6.07) is 17.3. The predicted molar refractivity (Wildman–Crippen MR) is 98.9 cm³/mol. The second-order valence-corrected chi connectivity index (χ2v) is 7.01. The number of carboxylic acids is 1. The van der Waals surface area contributed by atoms with Gasteiger partial charge >= 0.3 is 12.0 Å². The molecule has 0 spiro atoms. The number of aliphatic carboxylic acids is 1. The predicted octanol–water partition coefficient (Wildman–Crippen LogP) is 2.49. The molecular formula is C20H21N3O3. The maximum Gasteiger partial charge on any atom is 0.321 e. The molecule has 2 fully saturated rings. The fraction of sp³-hybridized carbons (Fsp3) is 0.300. The number of carbonyl (C=O) groups is 2. The molecule has 2 aliphatic rings. The standard InChI is InChI=1S/C20H21N3O3/c24-18(25)20-12-21-10-15(20)11-23(13-20)19(26)22-17-9-5-4-8-16(17)14-6-2-1-3-7-14/h1-9,15,21H,10-13H2,(H,22,26)(H,24,25)/t15-,20-/m0/s1. The maximum atomic E-state index is 12.8. The zero-order valence-electron chi connectivity index (χ0n) is 14.3. The Balaban J connectivity index is 1.54. The van der Waals surface area contributed by atoms with Crippen LogP contribution in [0.2, 0.25) is 0 Å². The summed E-state index contributed by atoms with van der Waals surface area (Å²) in [4.78, 5) is 26.2. The van der Waals surface area contributed by atoms with Crippen molar-refractivity contribution in [3.8, 4) is 11.1 Å². The van der Waals surface area contributed by atoms with Gasteiger partial charge in [0.2, 0.25) is 0 Å². The van der Waals surface area contributed by atoms with E-state index < -0.39 is 11.4 Å². The molecule has 2 aromatic carbocycles. The minimum atomic E-state index is -0.865. The molecule has 3 N–H and O–H groups in total. The largest absolute Gasteiger partial charge is 0.481 e. The molecule has 0 unspecified atom stereocenters. The molecular weight excluding hydrogens is 330 g/mol. The number of fused-ring (bicyclic) bond motifs is 1. The van der Waals surface area contributed by atoms with Crippen LogP contribution in [0.4, 0.5) is 10.5 Å². The van der Waals surface area contributed by atoms with Crippen LogP contribution in [0.5, 0.6) is 0 Å². The summed E-state index contributed by atoms with van der Waals surface area (Å²) in [7, 11) is 0. The Morgan fingerprint density at radius 2 is 1.85 bits per heavy atom. The van der Waals surface area contributed by atoms with Crippen molar-refractivity contribution in [3.05, 3.63) is 54.6 Å². The number of likely N-dealkylation sites (tertiary alicyclic amines) is 1. The topological polar surface area (TPSA) is 81.7 Å². The van der Waals surface area contributed by atoms with Gasteiger partial charge in [0.1, 0.15) is 5.41 Å². The third-order valence-electron chi connectivity index (χ3n) is 5.49. The van der Waals surface area contributed by atoms with E-state index in [1.807, 2.05) is 54.6 Å². The van der Waals surface area contributed by atoms with Crippen LogP contribution in [0.3, 0.4) is 0 Å². The Kier molecular flexibility index (Phi) is 4.12. The van der Waals surface area contributed by atoms with Crippen LogP contribution in [0.25, 0.3) is 11.1 Å². The van der Waals surface area contributed by atoms with Gasteiger partial charge in [-0.25, -0.2) is 4.79 Å². The monoisotopic (exact) mass is 351 g/mol. The van der Waals surface area contributed by atoms with Crippen molar-refractivity contribution in [1.29, 1.82) is 0 Å². The van der Waals surface area contributed by atoms with E-state index in [9.17, 15) is 14.7 Å². The molecule has 0 radical (unpaired) electrons. The first kappa shape index (κ1) is 16.6. The Morgan fingerprint density at radius 1 is 1.12 bits per heavy atom. The number of hydrogen-bond acceptors (Lipinski definition) is 3. The lowest BCUT2D eigenvalue weighted by Gasteiger charge is -2.23. The molecule has 2 saturated heterocycles. The molecule has 2 aliphatic heterocycles. The number of carboxylic acid groups (broad SMARTS) is 1. The van der Waals surface area contributed by atoms with E-state index in [0.29, 0.717) is 19.6 Å². The SMILES string of the molecule is O=C(Nc1ccccc1-c1ccccc1)N1C[C@@H]2CNC[C@]2(C(=O)O)C1. The summed E-state index contributed by atoms with van der Waals surface area (Å²) >= 11 is 0. The van der Waals surface area contributed by atoms with E-state index in [1.54, 1.807) is 4.90 Å². The molecule has 26 heavy (non-hydrogen) atoms. The van der Waals surface area contributed by atoms with Crippen molar-refractivity contribution in [3.63, 3.8) is 0 Å². The second-order valence-electron chi connectivity index (χ2n) is 7.01. The van der Waals surface area contributed by atoms with Crippen molar-refractivity contribution in [2.75, 3.05) is 31.5 Å². The van der Waals surface area contributed by atoms with Crippen molar-refractivity contribution in [2.24, 2.45) is 11.3 Å². The molecule has 2 amide bonds. The molecule has 2 heterocycles.